The van der Waals surface area contributed by atoms with E-state index in [4.69, 9.17) is 0 Å². The third-order valence-corrected chi connectivity index (χ3v) is 5.27. The first-order valence-electron chi connectivity index (χ1n) is 6.80. The number of amides is 2. The van der Waals surface area contributed by atoms with E-state index in [0.717, 1.165) is 17.3 Å². The first kappa shape index (κ1) is 12.2. The van der Waals surface area contributed by atoms with E-state index in [0.29, 0.717) is 12.1 Å². The number of thioether (sulfide) groups is 1. The molecule has 0 spiro atoms. The van der Waals surface area contributed by atoms with E-state index in [1.54, 1.807) is 16.7 Å². The SMILES string of the molecule is CCN1C(=O)c2ccccc2N2C(=O)[C@@H]3CSCN3[C@@H]12. The summed E-state index contributed by atoms with van der Waals surface area (Å²) in [6.07, 6.45) is -0.241. The molecule has 20 heavy (non-hydrogen) atoms. The summed E-state index contributed by atoms with van der Waals surface area (Å²) < 4.78 is 0. The van der Waals surface area contributed by atoms with Gasteiger partial charge < -0.3 is 4.90 Å². The van der Waals surface area contributed by atoms with Crippen molar-refractivity contribution in [3.05, 3.63) is 29.8 Å². The molecule has 2 saturated heterocycles. The Hall–Kier alpha value is -1.53. The van der Waals surface area contributed by atoms with Crippen molar-refractivity contribution < 1.29 is 9.59 Å². The number of benzene rings is 1. The Kier molecular flexibility index (Phi) is 2.59. The topological polar surface area (TPSA) is 43.9 Å². The molecule has 1 aromatic carbocycles. The fourth-order valence-corrected chi connectivity index (χ4v) is 4.50. The summed E-state index contributed by atoms with van der Waals surface area (Å²) >= 11 is 1.76. The van der Waals surface area contributed by atoms with Crippen LogP contribution in [0.2, 0.25) is 0 Å². The molecule has 3 aliphatic heterocycles. The molecule has 0 aromatic heterocycles. The highest BCUT2D eigenvalue weighted by molar-refractivity contribution is 7.99. The Balaban J connectivity index is 1.90. The van der Waals surface area contributed by atoms with Crippen LogP contribution in [-0.4, -0.2) is 52.1 Å². The number of anilines is 1. The smallest absolute Gasteiger partial charge is 0.258 e. The minimum absolute atomic E-state index is 0.0229. The predicted molar refractivity (Wildman–Crippen MR) is 77.4 cm³/mol. The van der Waals surface area contributed by atoms with Crippen molar-refractivity contribution in [2.75, 3.05) is 23.1 Å². The molecule has 1 aromatic rings. The number of nitrogens with zero attached hydrogens (tertiary/aromatic N) is 3. The lowest BCUT2D eigenvalue weighted by Gasteiger charge is -2.42. The number of carbonyl (C=O) groups excluding carboxylic acids is 2. The van der Waals surface area contributed by atoms with E-state index in [1.807, 2.05) is 36.1 Å². The Morgan fingerprint density at radius 2 is 2.10 bits per heavy atom. The van der Waals surface area contributed by atoms with Crippen LogP contribution < -0.4 is 4.90 Å². The monoisotopic (exact) mass is 289 g/mol. The second kappa shape index (κ2) is 4.23. The highest BCUT2D eigenvalue weighted by Crippen LogP contribution is 2.41. The quantitative estimate of drug-likeness (QED) is 0.778. The van der Waals surface area contributed by atoms with Crippen molar-refractivity contribution in [1.29, 1.82) is 0 Å². The maximum absolute atomic E-state index is 12.7. The molecule has 2 fully saturated rings. The Morgan fingerprint density at radius 1 is 1.30 bits per heavy atom. The van der Waals surface area contributed by atoms with Crippen LogP contribution in [0.25, 0.3) is 0 Å². The van der Waals surface area contributed by atoms with Gasteiger partial charge in [0, 0.05) is 18.2 Å². The van der Waals surface area contributed by atoms with Crippen molar-refractivity contribution >= 4 is 29.3 Å². The van der Waals surface area contributed by atoms with Gasteiger partial charge in [0.25, 0.3) is 5.91 Å². The van der Waals surface area contributed by atoms with Crippen LogP contribution in [-0.2, 0) is 4.79 Å². The van der Waals surface area contributed by atoms with Crippen molar-refractivity contribution in [2.45, 2.75) is 19.3 Å². The second-order valence-corrected chi connectivity index (χ2v) is 6.19. The molecule has 2 atom stereocenters. The summed E-state index contributed by atoms with van der Waals surface area (Å²) in [5.41, 5.74) is 1.39. The number of fused-ring (bicyclic) bond motifs is 5. The summed E-state index contributed by atoms with van der Waals surface area (Å²) in [4.78, 5) is 31.1. The van der Waals surface area contributed by atoms with Gasteiger partial charge in [0.15, 0.2) is 6.29 Å². The van der Waals surface area contributed by atoms with Crippen LogP contribution in [0, 0.1) is 0 Å². The van der Waals surface area contributed by atoms with Crippen molar-refractivity contribution in [2.24, 2.45) is 0 Å². The van der Waals surface area contributed by atoms with Gasteiger partial charge >= 0.3 is 0 Å². The van der Waals surface area contributed by atoms with Crippen LogP contribution in [0.1, 0.15) is 17.3 Å². The Labute approximate surface area is 121 Å². The van der Waals surface area contributed by atoms with Gasteiger partial charge in [-0.1, -0.05) is 12.1 Å². The number of hydrogen-bond donors (Lipinski definition) is 0. The molecule has 104 valence electrons. The van der Waals surface area contributed by atoms with Crippen LogP contribution in [0.5, 0.6) is 0 Å². The first-order valence-corrected chi connectivity index (χ1v) is 7.96. The summed E-state index contributed by atoms with van der Waals surface area (Å²) in [6, 6.07) is 7.33. The summed E-state index contributed by atoms with van der Waals surface area (Å²) in [7, 11) is 0. The average molecular weight is 289 g/mol. The minimum Gasteiger partial charge on any atom is -0.305 e. The van der Waals surface area contributed by atoms with Crippen molar-refractivity contribution in [3.8, 4) is 0 Å². The third-order valence-electron chi connectivity index (χ3n) is 4.24. The van der Waals surface area contributed by atoms with E-state index in [2.05, 4.69) is 4.90 Å². The minimum atomic E-state index is -0.241. The van der Waals surface area contributed by atoms with Gasteiger partial charge in [-0.3, -0.25) is 14.5 Å². The zero-order valence-electron chi connectivity index (χ0n) is 11.2. The molecular weight excluding hydrogens is 274 g/mol. The molecular formula is C14H15N3O2S. The van der Waals surface area contributed by atoms with E-state index in [-0.39, 0.29) is 24.1 Å². The fourth-order valence-electron chi connectivity index (χ4n) is 3.31. The molecule has 3 aliphatic rings. The summed E-state index contributed by atoms with van der Waals surface area (Å²) in [5.74, 6) is 1.77. The first-order chi connectivity index (χ1) is 9.74. The number of hydrogen-bond acceptors (Lipinski definition) is 4. The predicted octanol–water partition coefficient (Wildman–Crippen LogP) is 1.17. The van der Waals surface area contributed by atoms with Crippen LogP contribution >= 0.6 is 11.8 Å². The van der Waals surface area contributed by atoms with Gasteiger partial charge in [-0.15, -0.1) is 11.8 Å². The largest absolute Gasteiger partial charge is 0.305 e. The molecule has 0 N–H and O–H groups in total. The molecule has 5 nitrogen and oxygen atoms in total. The fraction of sp³-hybridized carbons (Fsp3) is 0.429. The highest BCUT2D eigenvalue weighted by atomic mass is 32.2. The maximum Gasteiger partial charge on any atom is 0.258 e. The average Bonchev–Trinajstić information content (AvgIpc) is 3.04. The van der Waals surface area contributed by atoms with Crippen LogP contribution in [0.15, 0.2) is 24.3 Å². The van der Waals surface area contributed by atoms with Crippen molar-refractivity contribution in [3.63, 3.8) is 0 Å². The molecule has 0 bridgehead atoms. The Morgan fingerprint density at radius 3 is 2.90 bits per heavy atom. The second-order valence-electron chi connectivity index (χ2n) is 5.19. The third kappa shape index (κ3) is 1.38. The van der Waals surface area contributed by atoms with E-state index in [1.165, 1.54) is 0 Å². The van der Waals surface area contributed by atoms with Gasteiger partial charge in [-0.25, -0.2) is 4.90 Å². The molecule has 6 heteroatoms. The van der Waals surface area contributed by atoms with Gasteiger partial charge in [0.05, 0.1) is 11.3 Å². The number of para-hydroxylation sites is 1. The maximum atomic E-state index is 12.7. The van der Waals surface area contributed by atoms with E-state index >= 15 is 0 Å². The van der Waals surface area contributed by atoms with Crippen LogP contribution in [0.3, 0.4) is 0 Å². The zero-order valence-corrected chi connectivity index (χ0v) is 12.0. The van der Waals surface area contributed by atoms with Gasteiger partial charge in [0.2, 0.25) is 5.91 Å². The van der Waals surface area contributed by atoms with Gasteiger partial charge in [-0.2, -0.15) is 0 Å². The molecule has 2 amide bonds. The Bertz CT molecular complexity index is 606. The lowest BCUT2D eigenvalue weighted by molar-refractivity contribution is -0.118. The molecule has 4 rings (SSSR count). The number of carbonyl (C=O) groups is 2. The van der Waals surface area contributed by atoms with Crippen molar-refractivity contribution in [1.82, 2.24) is 9.80 Å². The molecule has 0 radical (unpaired) electrons. The lowest BCUT2D eigenvalue weighted by Crippen LogP contribution is -2.58. The van der Waals surface area contributed by atoms with E-state index < -0.39 is 0 Å². The van der Waals surface area contributed by atoms with E-state index in [9.17, 15) is 9.59 Å². The molecule has 3 heterocycles. The van der Waals surface area contributed by atoms with Gasteiger partial charge in [0.1, 0.15) is 6.04 Å². The zero-order chi connectivity index (χ0) is 13.9. The summed E-state index contributed by atoms with van der Waals surface area (Å²) in [5, 5.41) is 0. The highest BCUT2D eigenvalue weighted by Gasteiger charge is 2.55. The van der Waals surface area contributed by atoms with Gasteiger partial charge in [-0.05, 0) is 19.1 Å². The standard InChI is InChI=1S/C14H15N3O2S/c1-2-15-12(18)9-5-3-4-6-10(9)17-13(19)11-7-20-8-16(11)14(15)17/h3-6,11,14H,2,7-8H2,1H3/t11-,14+/m0/s1. The number of rotatable bonds is 1. The molecule has 0 saturated carbocycles. The van der Waals surface area contributed by atoms with Crippen LogP contribution in [0.4, 0.5) is 5.69 Å². The lowest BCUT2D eigenvalue weighted by atomic mass is 10.1. The molecule has 0 unspecified atom stereocenters. The summed E-state index contributed by atoms with van der Waals surface area (Å²) in [6.45, 7) is 2.57. The molecule has 0 aliphatic carbocycles. The normalized spacial score (nSPS) is 28.6.